The highest BCUT2D eigenvalue weighted by molar-refractivity contribution is 5.87. The zero-order valence-corrected chi connectivity index (χ0v) is 8.60. The van der Waals surface area contributed by atoms with Crippen molar-refractivity contribution in [1.82, 2.24) is 10.6 Å². The molecule has 0 radical (unpaired) electrons. The summed E-state index contributed by atoms with van der Waals surface area (Å²) in [6.07, 6.45) is 6.70. The van der Waals surface area contributed by atoms with E-state index in [1.54, 1.807) is 12.2 Å². The molecule has 2 N–H and O–H groups in total. The van der Waals surface area contributed by atoms with Crippen LogP contribution in [0.15, 0.2) is 12.2 Å². The topological polar surface area (TPSA) is 41.1 Å². The van der Waals surface area contributed by atoms with Gasteiger partial charge in [0.15, 0.2) is 0 Å². The molecular weight excluding hydrogens is 164 g/mol. The van der Waals surface area contributed by atoms with Crippen LogP contribution in [0.4, 0.5) is 0 Å². The van der Waals surface area contributed by atoms with E-state index in [0.29, 0.717) is 0 Å². The number of carbonyl (C=O) groups is 1. The van der Waals surface area contributed by atoms with Crippen molar-refractivity contribution in [3.63, 3.8) is 0 Å². The minimum absolute atomic E-state index is 0.0103. The average Bonchev–Trinajstić information content (AvgIpc) is 2.11. The molecule has 3 nitrogen and oxygen atoms in total. The zero-order valence-electron chi connectivity index (χ0n) is 8.60. The lowest BCUT2D eigenvalue weighted by Crippen LogP contribution is -2.22. The second kappa shape index (κ2) is 9.26. The van der Waals surface area contributed by atoms with E-state index < -0.39 is 0 Å². The number of carbonyl (C=O) groups excluding carboxylic acids is 1. The normalized spacial score (nSPS) is 10.6. The molecule has 3 heteroatoms. The van der Waals surface area contributed by atoms with Gasteiger partial charge in [-0.3, -0.25) is 4.79 Å². The molecule has 0 aliphatic rings. The molecule has 1 amide bonds. The maximum atomic E-state index is 10.9. The molecule has 0 fully saturated rings. The van der Waals surface area contributed by atoms with Gasteiger partial charge in [0.2, 0.25) is 5.91 Å². The quantitative estimate of drug-likeness (QED) is 0.459. The Kier molecular flexibility index (Phi) is 8.67. The Hall–Kier alpha value is -0.830. The van der Waals surface area contributed by atoms with Crippen LogP contribution >= 0.6 is 0 Å². The molecule has 0 aliphatic heterocycles. The monoisotopic (exact) mass is 184 g/mol. The largest absolute Gasteiger partial charge is 0.353 e. The number of hydrogen-bond donors (Lipinski definition) is 2. The molecular formula is C10H20N2O. The molecule has 0 bridgehead atoms. The van der Waals surface area contributed by atoms with Gasteiger partial charge in [0.25, 0.3) is 0 Å². The second-order valence-corrected chi connectivity index (χ2v) is 2.96. The predicted molar refractivity (Wildman–Crippen MR) is 55.6 cm³/mol. The third-order valence-corrected chi connectivity index (χ3v) is 1.72. The number of nitrogens with one attached hydrogen (secondary N) is 2. The summed E-state index contributed by atoms with van der Waals surface area (Å²) in [4.78, 5) is 10.9. The number of hydrogen-bond acceptors (Lipinski definition) is 2. The number of amides is 1. The highest BCUT2D eigenvalue weighted by Gasteiger charge is 1.92. The van der Waals surface area contributed by atoms with E-state index in [-0.39, 0.29) is 5.91 Å². The smallest absolute Gasteiger partial charge is 0.243 e. The van der Waals surface area contributed by atoms with Crippen molar-refractivity contribution in [2.75, 3.05) is 20.1 Å². The Bertz CT molecular complexity index is 155. The summed E-state index contributed by atoms with van der Waals surface area (Å²) in [6.45, 7) is 3.68. The fourth-order valence-corrected chi connectivity index (χ4v) is 1.03. The second-order valence-electron chi connectivity index (χ2n) is 2.96. The Morgan fingerprint density at radius 3 is 2.54 bits per heavy atom. The van der Waals surface area contributed by atoms with Crippen LogP contribution < -0.4 is 10.6 Å². The number of allylic oxidation sites excluding steroid dienone is 1. The minimum Gasteiger partial charge on any atom is -0.353 e. The zero-order chi connectivity index (χ0) is 9.94. The molecule has 0 saturated carbocycles. The van der Waals surface area contributed by atoms with Crippen LogP contribution in [0.1, 0.15) is 26.2 Å². The van der Waals surface area contributed by atoms with Gasteiger partial charge in [-0.15, -0.1) is 0 Å². The molecule has 0 rings (SSSR count). The molecule has 0 spiro atoms. The molecule has 0 aromatic heterocycles. The van der Waals surface area contributed by atoms with Gasteiger partial charge in [0, 0.05) is 6.54 Å². The molecule has 76 valence electrons. The van der Waals surface area contributed by atoms with Crippen molar-refractivity contribution in [1.29, 1.82) is 0 Å². The summed E-state index contributed by atoms with van der Waals surface area (Å²) >= 11 is 0. The SMILES string of the molecule is C/C=C/C(=O)NCCCCCNC. The number of unbranched alkanes of at least 4 members (excludes halogenated alkanes) is 2. The first kappa shape index (κ1) is 12.2. The maximum absolute atomic E-state index is 10.9. The van der Waals surface area contributed by atoms with Gasteiger partial charge >= 0.3 is 0 Å². The van der Waals surface area contributed by atoms with Crippen LogP contribution in [-0.2, 0) is 4.79 Å². The fourth-order valence-electron chi connectivity index (χ4n) is 1.03. The highest BCUT2D eigenvalue weighted by Crippen LogP contribution is 1.91. The van der Waals surface area contributed by atoms with E-state index in [9.17, 15) is 4.79 Å². The van der Waals surface area contributed by atoms with E-state index in [1.807, 2.05) is 14.0 Å². The Balaban J connectivity index is 3.11. The van der Waals surface area contributed by atoms with Crippen LogP contribution in [0.5, 0.6) is 0 Å². The van der Waals surface area contributed by atoms with Crippen LogP contribution in [0.3, 0.4) is 0 Å². The molecule has 0 atom stereocenters. The lowest BCUT2D eigenvalue weighted by molar-refractivity contribution is -0.116. The number of rotatable bonds is 7. The van der Waals surface area contributed by atoms with Gasteiger partial charge in [0.1, 0.15) is 0 Å². The molecule has 0 saturated heterocycles. The van der Waals surface area contributed by atoms with Crippen molar-refractivity contribution >= 4 is 5.91 Å². The van der Waals surface area contributed by atoms with Gasteiger partial charge in [-0.25, -0.2) is 0 Å². The summed E-state index contributed by atoms with van der Waals surface area (Å²) in [5.41, 5.74) is 0. The molecule has 0 aromatic rings. The predicted octanol–water partition coefficient (Wildman–Crippen LogP) is 1.07. The Morgan fingerprint density at radius 2 is 1.92 bits per heavy atom. The van der Waals surface area contributed by atoms with E-state index >= 15 is 0 Å². The summed E-state index contributed by atoms with van der Waals surface area (Å²) in [5, 5.41) is 5.90. The van der Waals surface area contributed by atoms with E-state index in [2.05, 4.69) is 10.6 Å². The van der Waals surface area contributed by atoms with Crippen molar-refractivity contribution in [2.24, 2.45) is 0 Å². The van der Waals surface area contributed by atoms with Gasteiger partial charge in [-0.1, -0.05) is 12.5 Å². The third-order valence-electron chi connectivity index (χ3n) is 1.72. The Morgan fingerprint density at radius 1 is 1.23 bits per heavy atom. The van der Waals surface area contributed by atoms with Crippen LogP contribution in [0.25, 0.3) is 0 Å². The van der Waals surface area contributed by atoms with Crippen molar-refractivity contribution in [3.05, 3.63) is 12.2 Å². The van der Waals surface area contributed by atoms with E-state index in [1.165, 1.54) is 6.42 Å². The van der Waals surface area contributed by atoms with Crippen LogP contribution in [0.2, 0.25) is 0 Å². The molecule has 0 aromatic carbocycles. The van der Waals surface area contributed by atoms with Crippen LogP contribution in [-0.4, -0.2) is 26.0 Å². The lowest BCUT2D eigenvalue weighted by atomic mass is 10.2. The first-order valence-electron chi connectivity index (χ1n) is 4.86. The summed E-state index contributed by atoms with van der Waals surface area (Å²) < 4.78 is 0. The van der Waals surface area contributed by atoms with E-state index in [4.69, 9.17) is 0 Å². The summed E-state index contributed by atoms with van der Waals surface area (Å²) in [7, 11) is 1.95. The standard InChI is InChI=1S/C10H20N2O/c1-3-7-10(13)12-9-6-4-5-8-11-2/h3,7,11H,4-6,8-9H2,1-2H3,(H,12,13)/b7-3+. The fraction of sp³-hybridized carbons (Fsp3) is 0.700. The average molecular weight is 184 g/mol. The highest BCUT2D eigenvalue weighted by atomic mass is 16.1. The molecule has 0 aliphatic carbocycles. The lowest BCUT2D eigenvalue weighted by Gasteiger charge is -2.01. The van der Waals surface area contributed by atoms with E-state index in [0.717, 1.165) is 25.9 Å². The molecule has 0 unspecified atom stereocenters. The van der Waals surface area contributed by atoms with Crippen molar-refractivity contribution in [2.45, 2.75) is 26.2 Å². The first-order valence-corrected chi connectivity index (χ1v) is 4.86. The van der Waals surface area contributed by atoms with Gasteiger partial charge < -0.3 is 10.6 Å². The van der Waals surface area contributed by atoms with Crippen LogP contribution in [0, 0.1) is 0 Å². The van der Waals surface area contributed by atoms with Crippen molar-refractivity contribution in [3.8, 4) is 0 Å². The molecule has 0 heterocycles. The van der Waals surface area contributed by atoms with Gasteiger partial charge in [-0.2, -0.15) is 0 Å². The minimum atomic E-state index is 0.0103. The van der Waals surface area contributed by atoms with Gasteiger partial charge in [0.05, 0.1) is 0 Å². The third kappa shape index (κ3) is 9.08. The maximum Gasteiger partial charge on any atom is 0.243 e. The first-order chi connectivity index (χ1) is 6.31. The Labute approximate surface area is 80.6 Å². The molecule has 13 heavy (non-hydrogen) atoms. The summed E-state index contributed by atoms with van der Waals surface area (Å²) in [5.74, 6) is 0.0103. The summed E-state index contributed by atoms with van der Waals surface area (Å²) in [6, 6.07) is 0. The van der Waals surface area contributed by atoms with Crippen molar-refractivity contribution < 1.29 is 4.79 Å². The van der Waals surface area contributed by atoms with Gasteiger partial charge in [-0.05, 0) is 39.4 Å².